The fraction of sp³-hybridized carbons (Fsp3) is 0.222. The molecule has 0 saturated heterocycles. The lowest BCUT2D eigenvalue weighted by molar-refractivity contribution is -0.150. The first kappa shape index (κ1) is 19.9. The summed E-state index contributed by atoms with van der Waals surface area (Å²) in [5, 5.41) is 17.4. The summed E-state index contributed by atoms with van der Waals surface area (Å²) in [6.07, 6.45) is -0.841. The van der Waals surface area contributed by atoms with Gasteiger partial charge in [-0.05, 0) is 18.1 Å². The van der Waals surface area contributed by atoms with Crippen LogP contribution in [0.4, 0.5) is 0 Å². The van der Waals surface area contributed by atoms with Crippen molar-refractivity contribution in [2.45, 2.75) is 17.9 Å². The summed E-state index contributed by atoms with van der Waals surface area (Å²) in [4.78, 5) is 20.6. The zero-order valence-electron chi connectivity index (χ0n) is 13.1. The molecule has 0 aliphatic rings. The predicted octanol–water partition coefficient (Wildman–Crippen LogP) is 4.06. The van der Waals surface area contributed by atoms with E-state index in [0.29, 0.717) is 12.2 Å². The molecule has 0 saturated carbocycles. The van der Waals surface area contributed by atoms with Gasteiger partial charge in [-0.2, -0.15) is 0 Å². The summed E-state index contributed by atoms with van der Waals surface area (Å²) >= 11 is 3.05. The SMILES string of the molecule is CCOC(C(=O)O)c1ccccc1.O=C(O)C(Br)c1ccccc1. The van der Waals surface area contributed by atoms with Gasteiger partial charge in [0.15, 0.2) is 6.10 Å². The van der Waals surface area contributed by atoms with E-state index >= 15 is 0 Å². The van der Waals surface area contributed by atoms with E-state index in [2.05, 4.69) is 15.9 Å². The Morgan fingerprint density at radius 2 is 1.38 bits per heavy atom. The topological polar surface area (TPSA) is 83.8 Å². The van der Waals surface area contributed by atoms with E-state index in [4.69, 9.17) is 14.9 Å². The van der Waals surface area contributed by atoms with Gasteiger partial charge in [-0.3, -0.25) is 4.79 Å². The Morgan fingerprint density at radius 1 is 0.917 bits per heavy atom. The quantitative estimate of drug-likeness (QED) is 0.721. The minimum Gasteiger partial charge on any atom is -0.480 e. The van der Waals surface area contributed by atoms with Gasteiger partial charge in [-0.15, -0.1) is 0 Å². The Balaban J connectivity index is 0.000000243. The Hall–Kier alpha value is -2.18. The van der Waals surface area contributed by atoms with Gasteiger partial charge >= 0.3 is 11.9 Å². The van der Waals surface area contributed by atoms with E-state index in [1.807, 2.05) is 24.3 Å². The van der Waals surface area contributed by atoms with E-state index in [-0.39, 0.29) is 0 Å². The molecule has 0 aliphatic carbocycles. The van der Waals surface area contributed by atoms with E-state index in [1.165, 1.54) is 0 Å². The number of aliphatic carboxylic acids is 2. The van der Waals surface area contributed by atoms with Crippen molar-refractivity contribution >= 4 is 27.9 Å². The van der Waals surface area contributed by atoms with Gasteiger partial charge in [0.05, 0.1) is 0 Å². The number of carboxylic acid groups (broad SMARTS) is 2. The summed E-state index contributed by atoms with van der Waals surface area (Å²) in [7, 11) is 0. The summed E-state index contributed by atoms with van der Waals surface area (Å²) < 4.78 is 5.09. The number of alkyl halides is 1. The van der Waals surface area contributed by atoms with Crippen LogP contribution < -0.4 is 0 Å². The highest BCUT2D eigenvalue weighted by Gasteiger charge is 2.18. The van der Waals surface area contributed by atoms with Crippen LogP contribution in [0.25, 0.3) is 0 Å². The summed E-state index contributed by atoms with van der Waals surface area (Å²) in [6.45, 7) is 2.17. The monoisotopic (exact) mass is 394 g/mol. The molecular formula is C18H19BrO5. The molecule has 0 heterocycles. The molecule has 2 aromatic carbocycles. The van der Waals surface area contributed by atoms with Crippen LogP contribution in [-0.4, -0.2) is 28.8 Å². The highest BCUT2D eigenvalue weighted by Crippen LogP contribution is 2.21. The number of halogens is 1. The number of hydrogen-bond donors (Lipinski definition) is 2. The summed E-state index contributed by atoms with van der Waals surface area (Å²) in [5.74, 6) is -1.82. The second-order valence-electron chi connectivity index (χ2n) is 4.70. The lowest BCUT2D eigenvalue weighted by Crippen LogP contribution is -2.14. The fourth-order valence-electron chi connectivity index (χ4n) is 1.87. The molecule has 2 atom stereocenters. The highest BCUT2D eigenvalue weighted by atomic mass is 79.9. The van der Waals surface area contributed by atoms with E-state index in [0.717, 1.165) is 5.56 Å². The molecule has 5 nitrogen and oxygen atoms in total. The summed E-state index contributed by atoms with van der Waals surface area (Å²) in [5.41, 5.74) is 1.44. The number of hydrogen-bond acceptors (Lipinski definition) is 3. The number of carbonyl (C=O) groups is 2. The third-order valence-corrected chi connectivity index (χ3v) is 3.89. The highest BCUT2D eigenvalue weighted by molar-refractivity contribution is 9.09. The van der Waals surface area contributed by atoms with Crippen LogP contribution >= 0.6 is 15.9 Å². The first-order chi connectivity index (χ1) is 11.5. The number of carboxylic acids is 2. The third kappa shape index (κ3) is 6.52. The first-order valence-electron chi connectivity index (χ1n) is 7.28. The van der Waals surface area contributed by atoms with Gasteiger partial charge < -0.3 is 14.9 Å². The van der Waals surface area contributed by atoms with Crippen molar-refractivity contribution in [1.29, 1.82) is 0 Å². The van der Waals surface area contributed by atoms with Crippen molar-refractivity contribution in [2.75, 3.05) is 6.61 Å². The first-order valence-corrected chi connectivity index (χ1v) is 8.20. The Morgan fingerprint density at radius 3 is 1.75 bits per heavy atom. The van der Waals surface area contributed by atoms with Crippen molar-refractivity contribution in [3.05, 3.63) is 71.8 Å². The lowest BCUT2D eigenvalue weighted by atomic mass is 10.1. The van der Waals surface area contributed by atoms with Gasteiger partial charge in [0, 0.05) is 6.61 Å². The predicted molar refractivity (Wildman–Crippen MR) is 94.2 cm³/mol. The number of benzene rings is 2. The van der Waals surface area contributed by atoms with Gasteiger partial charge in [0.2, 0.25) is 0 Å². The molecule has 0 amide bonds. The minimum absolute atomic E-state index is 0.395. The van der Waals surface area contributed by atoms with Crippen LogP contribution in [0.15, 0.2) is 60.7 Å². The van der Waals surface area contributed by atoms with Crippen molar-refractivity contribution in [2.24, 2.45) is 0 Å². The molecule has 2 N–H and O–H groups in total. The molecule has 2 rings (SSSR count). The van der Waals surface area contributed by atoms with Crippen LogP contribution in [0.5, 0.6) is 0 Å². The van der Waals surface area contributed by atoms with Gasteiger partial charge in [-0.25, -0.2) is 4.79 Å². The van der Waals surface area contributed by atoms with Crippen LogP contribution in [0.1, 0.15) is 29.0 Å². The van der Waals surface area contributed by atoms with Crippen molar-refractivity contribution < 1.29 is 24.5 Å². The van der Waals surface area contributed by atoms with Crippen LogP contribution in [0.3, 0.4) is 0 Å². The number of rotatable bonds is 6. The number of ether oxygens (including phenoxy) is 1. The standard InChI is InChI=1S/C10H12O3.C8H7BrO2/c1-2-13-9(10(11)12)8-6-4-3-5-7-8;9-7(8(10)11)6-4-2-1-3-5-6/h3-7,9H,2H2,1H3,(H,11,12);1-5,7H,(H,10,11). The largest absolute Gasteiger partial charge is 0.480 e. The molecule has 2 unspecified atom stereocenters. The van der Waals surface area contributed by atoms with Crippen LogP contribution in [0.2, 0.25) is 0 Å². The van der Waals surface area contributed by atoms with Gasteiger partial charge in [0.1, 0.15) is 4.83 Å². The van der Waals surface area contributed by atoms with Gasteiger partial charge in [0.25, 0.3) is 0 Å². The minimum atomic E-state index is -0.951. The zero-order chi connectivity index (χ0) is 17.9. The van der Waals surface area contributed by atoms with Crippen molar-refractivity contribution in [3.8, 4) is 0 Å². The molecule has 6 heteroatoms. The van der Waals surface area contributed by atoms with E-state index in [9.17, 15) is 9.59 Å². The third-order valence-electron chi connectivity index (χ3n) is 2.97. The average molecular weight is 395 g/mol. The maximum Gasteiger partial charge on any atom is 0.337 e. The Kier molecular flexibility index (Phi) is 8.75. The van der Waals surface area contributed by atoms with Gasteiger partial charge in [-0.1, -0.05) is 76.6 Å². The average Bonchev–Trinajstić information content (AvgIpc) is 2.60. The molecule has 0 spiro atoms. The van der Waals surface area contributed by atoms with Crippen molar-refractivity contribution in [3.63, 3.8) is 0 Å². The Bertz CT molecular complexity index is 630. The van der Waals surface area contributed by atoms with Crippen LogP contribution in [-0.2, 0) is 14.3 Å². The lowest BCUT2D eigenvalue weighted by Gasteiger charge is -2.11. The molecule has 0 radical (unpaired) electrons. The Labute approximate surface area is 149 Å². The maximum absolute atomic E-state index is 10.8. The molecule has 0 aromatic heterocycles. The fourth-order valence-corrected chi connectivity index (χ4v) is 2.17. The molecule has 2 aromatic rings. The molecule has 0 bridgehead atoms. The normalized spacial score (nSPS) is 12.4. The second kappa shape index (κ2) is 10.6. The molecule has 0 fully saturated rings. The molecule has 128 valence electrons. The van der Waals surface area contributed by atoms with E-state index < -0.39 is 22.9 Å². The van der Waals surface area contributed by atoms with E-state index in [1.54, 1.807) is 43.3 Å². The molecule has 0 aliphatic heterocycles. The molecule has 24 heavy (non-hydrogen) atoms. The maximum atomic E-state index is 10.8. The molecular weight excluding hydrogens is 376 g/mol. The van der Waals surface area contributed by atoms with Crippen LogP contribution in [0, 0.1) is 0 Å². The van der Waals surface area contributed by atoms with Crippen molar-refractivity contribution in [1.82, 2.24) is 0 Å². The zero-order valence-corrected chi connectivity index (χ0v) is 14.7. The smallest absolute Gasteiger partial charge is 0.337 e. The summed E-state index contributed by atoms with van der Waals surface area (Å²) in [6, 6.07) is 17.9. The second-order valence-corrected chi connectivity index (χ2v) is 5.61.